The Morgan fingerprint density at radius 3 is 3.40 bits per heavy atom. The van der Waals surface area contributed by atoms with Gasteiger partial charge >= 0.3 is 0 Å². The lowest BCUT2D eigenvalue weighted by Gasteiger charge is -1.98. The first-order chi connectivity index (χ1) is 6.71. The first-order valence-corrected chi connectivity index (χ1v) is 2.77. The van der Waals surface area contributed by atoms with Gasteiger partial charge in [0.15, 0.2) is 0 Å². The molecular formula is C8H11NO. The Morgan fingerprint density at radius 1 is 1.80 bits per heavy atom. The molecule has 0 heterocycles. The van der Waals surface area contributed by atoms with Crippen molar-refractivity contribution in [3.63, 3.8) is 0 Å². The third-order valence-electron chi connectivity index (χ3n) is 1.06. The number of hydrogen-bond acceptors (Lipinski definition) is 2. The number of methoxy groups -OCH3 is 1. The molecular weight excluding hydrogens is 126 g/mol. The van der Waals surface area contributed by atoms with E-state index in [0.717, 1.165) is 0 Å². The molecule has 0 fully saturated rings. The highest BCUT2D eigenvalue weighted by atomic mass is 16.5. The molecule has 2 nitrogen and oxygen atoms in total. The summed E-state index contributed by atoms with van der Waals surface area (Å²) in [5.74, 6) is 0. The zero-order chi connectivity index (χ0) is 11.7. The second-order valence-electron chi connectivity index (χ2n) is 1.83. The number of rotatable bonds is 2. The number of ether oxygens (including phenoxy) is 1. The average Bonchev–Trinajstić information content (AvgIpc) is 1.99. The van der Waals surface area contributed by atoms with Gasteiger partial charge in [-0.3, -0.25) is 0 Å². The smallest absolute Gasteiger partial charge is 0.0713 e. The van der Waals surface area contributed by atoms with Gasteiger partial charge in [-0.15, -0.1) is 0 Å². The fourth-order valence-corrected chi connectivity index (χ4v) is 0.661. The highest BCUT2D eigenvalue weighted by Crippen LogP contribution is 2.06. The first-order valence-electron chi connectivity index (χ1n) is 5.27. The summed E-state index contributed by atoms with van der Waals surface area (Å²) in [6, 6.07) is 5.87. The van der Waals surface area contributed by atoms with Crippen molar-refractivity contribution < 1.29 is 11.6 Å². The summed E-state index contributed by atoms with van der Waals surface area (Å²) in [7, 11) is -2.78. The Kier molecular flexibility index (Phi) is 0.944. The van der Waals surface area contributed by atoms with Crippen LogP contribution >= 0.6 is 0 Å². The molecule has 0 bridgehead atoms. The lowest BCUT2D eigenvalue weighted by molar-refractivity contribution is 0.185. The predicted molar refractivity (Wildman–Crippen MR) is 41.6 cm³/mol. The van der Waals surface area contributed by atoms with Gasteiger partial charge in [-0.2, -0.15) is 0 Å². The van der Waals surface area contributed by atoms with Crippen molar-refractivity contribution in [3.8, 4) is 0 Å². The number of nitrogens with two attached hydrogens (primary N) is 1. The molecule has 0 unspecified atom stereocenters. The van der Waals surface area contributed by atoms with Crippen LogP contribution in [-0.4, -0.2) is 7.04 Å². The van der Waals surface area contributed by atoms with E-state index < -0.39 is 13.6 Å². The predicted octanol–water partition coefficient (Wildman–Crippen LogP) is 1.42. The number of anilines is 1. The molecule has 0 spiro atoms. The van der Waals surface area contributed by atoms with Gasteiger partial charge in [0.05, 0.1) is 13.4 Å². The Labute approximate surface area is 67.6 Å². The zero-order valence-electron chi connectivity index (χ0n) is 10.3. The third kappa shape index (κ3) is 1.74. The van der Waals surface area contributed by atoms with Crippen LogP contribution in [0, 0.1) is 0 Å². The topological polar surface area (TPSA) is 35.2 Å². The maximum atomic E-state index is 7.45. The molecule has 1 rings (SSSR count). The Morgan fingerprint density at radius 2 is 2.70 bits per heavy atom. The minimum Gasteiger partial charge on any atom is -0.399 e. The van der Waals surface area contributed by atoms with E-state index >= 15 is 0 Å². The van der Waals surface area contributed by atoms with Gasteiger partial charge in [0.1, 0.15) is 0 Å². The molecule has 2 heteroatoms. The van der Waals surface area contributed by atoms with Gasteiger partial charge in [0.25, 0.3) is 0 Å². The lowest BCUT2D eigenvalue weighted by Crippen LogP contribution is -1.89. The van der Waals surface area contributed by atoms with Crippen LogP contribution in [0.25, 0.3) is 0 Å². The van der Waals surface area contributed by atoms with Crippen LogP contribution < -0.4 is 5.73 Å². The number of benzene rings is 1. The maximum Gasteiger partial charge on any atom is 0.0713 e. The number of hydrogen-bond donors (Lipinski definition) is 1. The maximum absolute atomic E-state index is 7.45. The van der Waals surface area contributed by atoms with Gasteiger partial charge in [-0.1, -0.05) is 12.1 Å². The van der Waals surface area contributed by atoms with E-state index in [9.17, 15) is 0 Å². The molecule has 54 valence electrons. The fourth-order valence-electron chi connectivity index (χ4n) is 0.661. The molecule has 0 amide bonds. The Balaban J connectivity index is 2.95. The number of nitrogen functional groups attached to an aromatic ring is 1. The van der Waals surface area contributed by atoms with Crippen molar-refractivity contribution in [2.75, 3.05) is 12.8 Å². The van der Waals surface area contributed by atoms with E-state index in [1.165, 1.54) is 18.2 Å². The Hall–Kier alpha value is -1.02. The SMILES string of the molecule is [2H]C([2H])([2H])OC([2H])([2H])c1cccc(N)c1. The molecule has 0 aromatic heterocycles. The summed E-state index contributed by atoms with van der Waals surface area (Å²) in [4.78, 5) is 0. The van der Waals surface area contributed by atoms with Gasteiger partial charge in [-0.25, -0.2) is 0 Å². The lowest BCUT2D eigenvalue weighted by atomic mass is 10.2. The monoisotopic (exact) mass is 142 g/mol. The highest BCUT2D eigenvalue weighted by Gasteiger charge is 1.89. The second-order valence-corrected chi connectivity index (χ2v) is 1.83. The van der Waals surface area contributed by atoms with Crippen LogP contribution in [0.3, 0.4) is 0 Å². The van der Waals surface area contributed by atoms with Crippen LogP contribution in [0.2, 0.25) is 0 Å². The van der Waals surface area contributed by atoms with Gasteiger partial charge in [0.2, 0.25) is 0 Å². The summed E-state index contributed by atoms with van der Waals surface area (Å²) < 4.78 is 39.7. The van der Waals surface area contributed by atoms with Crippen LogP contribution in [0.5, 0.6) is 0 Å². The highest BCUT2D eigenvalue weighted by molar-refractivity contribution is 5.40. The summed E-state index contributed by atoms with van der Waals surface area (Å²) in [6.07, 6.45) is 0. The van der Waals surface area contributed by atoms with E-state index in [1.54, 1.807) is 6.07 Å². The van der Waals surface area contributed by atoms with Gasteiger partial charge in [0, 0.05) is 12.7 Å². The van der Waals surface area contributed by atoms with Crippen LogP contribution in [-0.2, 0) is 11.3 Å². The van der Waals surface area contributed by atoms with E-state index in [-0.39, 0.29) is 5.56 Å². The normalized spacial score (nSPS) is 19.8. The van der Waals surface area contributed by atoms with Crippen LogP contribution in [0.1, 0.15) is 12.4 Å². The largest absolute Gasteiger partial charge is 0.399 e. The third-order valence-corrected chi connectivity index (χ3v) is 1.06. The minimum atomic E-state index is -2.78. The molecule has 0 saturated heterocycles. The van der Waals surface area contributed by atoms with Crippen LogP contribution in [0.4, 0.5) is 5.69 Å². The fraction of sp³-hybridized carbons (Fsp3) is 0.250. The summed E-state index contributed by atoms with van der Waals surface area (Å²) >= 11 is 0. The summed E-state index contributed by atoms with van der Waals surface area (Å²) in [5, 5.41) is 0. The van der Waals surface area contributed by atoms with Crippen molar-refractivity contribution in [2.45, 2.75) is 6.56 Å². The molecule has 0 aliphatic rings. The first kappa shape index (κ1) is 2.93. The van der Waals surface area contributed by atoms with E-state index in [2.05, 4.69) is 4.74 Å². The van der Waals surface area contributed by atoms with Crippen LogP contribution in [0.15, 0.2) is 24.3 Å². The van der Waals surface area contributed by atoms with Crippen molar-refractivity contribution in [2.24, 2.45) is 0 Å². The molecule has 0 aliphatic heterocycles. The molecule has 0 atom stereocenters. The molecule has 1 aromatic carbocycles. The van der Waals surface area contributed by atoms with Crippen molar-refractivity contribution >= 4 is 5.69 Å². The standard InChI is InChI=1S/C8H11NO/c1-10-6-7-3-2-4-8(9)5-7/h2-5H,6,9H2,1H3/i1D3,6D2. The Bertz CT molecular complexity index is 349. The van der Waals surface area contributed by atoms with E-state index in [1.807, 2.05) is 0 Å². The summed E-state index contributed by atoms with van der Waals surface area (Å²) in [5.41, 5.74) is 5.89. The average molecular weight is 142 g/mol. The molecule has 10 heavy (non-hydrogen) atoms. The molecule has 0 aliphatic carbocycles. The van der Waals surface area contributed by atoms with Crippen molar-refractivity contribution in [1.29, 1.82) is 0 Å². The molecule has 2 N–H and O–H groups in total. The zero-order valence-corrected chi connectivity index (χ0v) is 5.29. The van der Waals surface area contributed by atoms with Crippen molar-refractivity contribution in [1.82, 2.24) is 0 Å². The van der Waals surface area contributed by atoms with Gasteiger partial charge < -0.3 is 10.5 Å². The molecule has 0 saturated carbocycles. The minimum absolute atomic E-state index is 0.0821. The molecule has 0 radical (unpaired) electrons. The second kappa shape index (κ2) is 3.22. The van der Waals surface area contributed by atoms with Gasteiger partial charge in [-0.05, 0) is 17.7 Å². The molecule has 1 aromatic rings. The van der Waals surface area contributed by atoms with Crippen molar-refractivity contribution in [3.05, 3.63) is 29.8 Å². The van der Waals surface area contributed by atoms with E-state index in [4.69, 9.17) is 12.6 Å². The summed E-state index contributed by atoms with van der Waals surface area (Å²) in [6.45, 7) is -2.37. The van der Waals surface area contributed by atoms with E-state index in [0.29, 0.717) is 5.69 Å². The quantitative estimate of drug-likeness (QED) is 0.634.